The lowest BCUT2D eigenvalue weighted by Gasteiger charge is -2.20. The van der Waals surface area contributed by atoms with Gasteiger partial charge in [-0.15, -0.1) is 0 Å². The van der Waals surface area contributed by atoms with Gasteiger partial charge in [0.1, 0.15) is 0 Å². The molecule has 3 nitrogen and oxygen atoms in total. The molecule has 3 heteroatoms. The molecule has 2 aromatic rings. The van der Waals surface area contributed by atoms with Gasteiger partial charge in [0, 0.05) is 19.7 Å². The molecule has 0 aliphatic heterocycles. The van der Waals surface area contributed by atoms with E-state index in [0.29, 0.717) is 6.42 Å². The van der Waals surface area contributed by atoms with Gasteiger partial charge in [0.2, 0.25) is 0 Å². The van der Waals surface area contributed by atoms with Gasteiger partial charge in [-0.1, -0.05) is 24.3 Å². The summed E-state index contributed by atoms with van der Waals surface area (Å²) in [6.07, 6.45) is 4.54. The molecule has 1 aliphatic rings. The highest BCUT2D eigenvalue weighted by Gasteiger charge is 2.39. The highest BCUT2D eigenvalue weighted by Crippen LogP contribution is 2.40. The van der Waals surface area contributed by atoms with Crippen molar-refractivity contribution in [1.29, 1.82) is 5.26 Å². The molecule has 0 radical (unpaired) electrons. The van der Waals surface area contributed by atoms with Crippen LogP contribution in [0.25, 0.3) is 0 Å². The molecule has 90 valence electrons. The summed E-state index contributed by atoms with van der Waals surface area (Å²) in [6.45, 7) is 0. The molecule has 0 saturated carbocycles. The van der Waals surface area contributed by atoms with Crippen molar-refractivity contribution < 1.29 is 0 Å². The lowest BCUT2D eigenvalue weighted by molar-refractivity contribution is 0.529. The largest absolute Gasteiger partial charge is 0.276 e. The number of hydrogen-bond donors (Lipinski definition) is 0. The third-order valence-electron chi connectivity index (χ3n) is 3.82. The average Bonchev–Trinajstić information content (AvgIpc) is 2.96. The molecule has 3 rings (SSSR count). The first-order chi connectivity index (χ1) is 8.73. The Hall–Kier alpha value is -2.08. The van der Waals surface area contributed by atoms with Crippen LogP contribution in [0.4, 0.5) is 0 Å². The zero-order valence-corrected chi connectivity index (χ0v) is 10.4. The van der Waals surface area contributed by atoms with E-state index in [0.717, 1.165) is 18.5 Å². The highest BCUT2D eigenvalue weighted by atomic mass is 15.2. The highest BCUT2D eigenvalue weighted by molar-refractivity contribution is 5.45. The van der Waals surface area contributed by atoms with Crippen LogP contribution < -0.4 is 0 Å². The van der Waals surface area contributed by atoms with Crippen LogP contribution in [0.3, 0.4) is 0 Å². The van der Waals surface area contributed by atoms with Crippen LogP contribution in [0.1, 0.15) is 23.2 Å². The van der Waals surface area contributed by atoms with E-state index in [1.54, 1.807) is 4.68 Å². The molecular weight excluding hydrogens is 222 g/mol. The third kappa shape index (κ3) is 1.62. The second-order valence-corrected chi connectivity index (χ2v) is 5.01. The van der Waals surface area contributed by atoms with Gasteiger partial charge in [-0.05, 0) is 30.0 Å². The first-order valence-corrected chi connectivity index (χ1v) is 6.22. The fourth-order valence-corrected chi connectivity index (χ4v) is 2.89. The molecule has 1 atom stereocenters. The maximum absolute atomic E-state index is 9.65. The molecule has 0 saturated heterocycles. The average molecular weight is 237 g/mol. The normalized spacial score (nSPS) is 21.6. The van der Waals surface area contributed by atoms with E-state index in [1.165, 1.54) is 11.1 Å². The van der Waals surface area contributed by atoms with E-state index in [9.17, 15) is 5.26 Å². The van der Waals surface area contributed by atoms with Crippen LogP contribution >= 0.6 is 0 Å². The lowest BCUT2D eigenvalue weighted by atomic mass is 9.79. The number of rotatable bonds is 2. The maximum Gasteiger partial charge on any atom is 0.0884 e. The fraction of sp³-hybridized carbons (Fsp3) is 0.333. The summed E-state index contributed by atoms with van der Waals surface area (Å²) in [4.78, 5) is 0. The van der Waals surface area contributed by atoms with Gasteiger partial charge in [0.05, 0.1) is 17.2 Å². The number of fused-ring (bicyclic) bond motifs is 1. The van der Waals surface area contributed by atoms with Crippen LogP contribution in [0.5, 0.6) is 0 Å². The number of hydrogen-bond acceptors (Lipinski definition) is 2. The number of nitriles is 1. The maximum atomic E-state index is 9.65. The summed E-state index contributed by atoms with van der Waals surface area (Å²) in [7, 11) is 1.91. The Bertz CT molecular complexity index is 621. The fourth-order valence-electron chi connectivity index (χ4n) is 2.89. The zero-order chi connectivity index (χ0) is 12.6. The van der Waals surface area contributed by atoms with Crippen molar-refractivity contribution in [3.05, 3.63) is 53.3 Å². The smallest absolute Gasteiger partial charge is 0.0884 e. The Morgan fingerprint density at radius 1 is 1.39 bits per heavy atom. The standard InChI is InChI=1S/C15H15N3/c1-18-9-7-13(17-18)10-15(11-16)8-6-12-4-2-3-5-14(12)15/h2-5,7,9H,6,8,10H2,1H3. The van der Waals surface area contributed by atoms with Crippen molar-refractivity contribution in [2.45, 2.75) is 24.7 Å². The summed E-state index contributed by atoms with van der Waals surface area (Å²) >= 11 is 0. The van der Waals surface area contributed by atoms with E-state index in [2.05, 4.69) is 23.3 Å². The van der Waals surface area contributed by atoms with Gasteiger partial charge in [-0.25, -0.2) is 0 Å². The molecule has 1 unspecified atom stereocenters. The van der Waals surface area contributed by atoms with E-state index < -0.39 is 0 Å². The van der Waals surface area contributed by atoms with E-state index >= 15 is 0 Å². The molecule has 0 spiro atoms. The number of aromatic nitrogens is 2. The van der Waals surface area contributed by atoms with Gasteiger partial charge >= 0.3 is 0 Å². The number of benzene rings is 1. The minimum atomic E-state index is -0.384. The van der Waals surface area contributed by atoms with Crippen molar-refractivity contribution in [2.24, 2.45) is 7.05 Å². The summed E-state index contributed by atoms with van der Waals surface area (Å²) < 4.78 is 1.79. The van der Waals surface area contributed by atoms with Crippen molar-refractivity contribution in [1.82, 2.24) is 9.78 Å². The van der Waals surface area contributed by atoms with Crippen LogP contribution in [0, 0.1) is 11.3 Å². The minimum absolute atomic E-state index is 0.384. The molecule has 1 heterocycles. The molecule has 18 heavy (non-hydrogen) atoms. The topological polar surface area (TPSA) is 41.6 Å². The van der Waals surface area contributed by atoms with Gasteiger partial charge < -0.3 is 0 Å². The van der Waals surface area contributed by atoms with Crippen molar-refractivity contribution in [3.8, 4) is 6.07 Å². The molecule has 0 N–H and O–H groups in total. The van der Waals surface area contributed by atoms with E-state index in [-0.39, 0.29) is 5.41 Å². The van der Waals surface area contributed by atoms with Gasteiger partial charge in [0.15, 0.2) is 0 Å². The molecule has 0 bridgehead atoms. The molecule has 1 aliphatic carbocycles. The zero-order valence-electron chi connectivity index (χ0n) is 10.4. The second-order valence-electron chi connectivity index (χ2n) is 5.01. The van der Waals surface area contributed by atoms with Gasteiger partial charge in [-0.3, -0.25) is 4.68 Å². The Labute approximate surface area is 107 Å². The van der Waals surface area contributed by atoms with Crippen molar-refractivity contribution >= 4 is 0 Å². The SMILES string of the molecule is Cn1ccc(CC2(C#N)CCc3ccccc32)n1. The number of nitrogens with zero attached hydrogens (tertiary/aromatic N) is 3. The molecular formula is C15H15N3. The second kappa shape index (κ2) is 3.99. The Kier molecular flexibility index (Phi) is 2.45. The van der Waals surface area contributed by atoms with Crippen molar-refractivity contribution in [2.75, 3.05) is 0 Å². The lowest BCUT2D eigenvalue weighted by Crippen LogP contribution is -2.24. The summed E-state index contributed by atoms with van der Waals surface area (Å²) in [5, 5.41) is 14.1. The Morgan fingerprint density at radius 3 is 2.94 bits per heavy atom. The quantitative estimate of drug-likeness (QED) is 0.804. The Balaban J connectivity index is 2.00. The third-order valence-corrected chi connectivity index (χ3v) is 3.82. The van der Waals surface area contributed by atoms with E-state index in [4.69, 9.17) is 0 Å². The van der Waals surface area contributed by atoms with Crippen LogP contribution in [0.2, 0.25) is 0 Å². The minimum Gasteiger partial charge on any atom is -0.276 e. The number of aryl methyl sites for hydroxylation is 2. The predicted octanol–water partition coefficient (Wildman–Crippen LogP) is 2.37. The van der Waals surface area contributed by atoms with E-state index in [1.807, 2.05) is 31.4 Å². The monoisotopic (exact) mass is 237 g/mol. The van der Waals surface area contributed by atoms with Crippen LogP contribution in [-0.2, 0) is 25.3 Å². The molecule has 0 fully saturated rings. The van der Waals surface area contributed by atoms with Gasteiger partial charge in [0.25, 0.3) is 0 Å². The summed E-state index contributed by atoms with van der Waals surface area (Å²) in [5.74, 6) is 0. The summed E-state index contributed by atoms with van der Waals surface area (Å²) in [5.41, 5.74) is 3.12. The summed E-state index contributed by atoms with van der Waals surface area (Å²) in [6, 6.07) is 12.8. The van der Waals surface area contributed by atoms with Crippen LogP contribution in [0.15, 0.2) is 36.5 Å². The predicted molar refractivity (Wildman–Crippen MR) is 69.0 cm³/mol. The Morgan fingerprint density at radius 2 is 2.22 bits per heavy atom. The first-order valence-electron chi connectivity index (χ1n) is 6.22. The molecule has 1 aromatic carbocycles. The molecule has 1 aromatic heterocycles. The van der Waals surface area contributed by atoms with Gasteiger partial charge in [-0.2, -0.15) is 10.4 Å². The molecule has 0 amide bonds. The van der Waals surface area contributed by atoms with Crippen molar-refractivity contribution in [3.63, 3.8) is 0 Å². The first kappa shape index (κ1) is 11.0. The van der Waals surface area contributed by atoms with Crippen LogP contribution in [-0.4, -0.2) is 9.78 Å².